The van der Waals surface area contributed by atoms with Gasteiger partial charge in [0, 0.05) is 13.7 Å². The lowest BCUT2D eigenvalue weighted by molar-refractivity contribution is 0.000796. The van der Waals surface area contributed by atoms with Gasteiger partial charge in [-0.1, -0.05) is 20.8 Å². The Bertz CT molecular complexity index is 359. The number of halogens is 1. The number of ether oxygens (including phenoxy) is 1. The second-order valence-corrected chi connectivity index (χ2v) is 5.95. The number of nitrogens with one attached hydrogen (secondary N) is 1. The second kappa shape index (κ2) is 8.02. The fourth-order valence-electron chi connectivity index (χ4n) is 2.30. The van der Waals surface area contributed by atoms with Crippen molar-refractivity contribution >= 4 is 15.9 Å². The van der Waals surface area contributed by atoms with Crippen LogP contribution in [0.1, 0.15) is 45.9 Å². The van der Waals surface area contributed by atoms with Gasteiger partial charge in [0.15, 0.2) is 0 Å². The van der Waals surface area contributed by atoms with Gasteiger partial charge in [-0.05, 0) is 41.7 Å². The molecular formula is C14H26BrN3O. The molecule has 1 N–H and O–H groups in total. The molecule has 0 amide bonds. The first kappa shape index (κ1) is 16.7. The van der Waals surface area contributed by atoms with Gasteiger partial charge in [-0.2, -0.15) is 5.10 Å². The lowest BCUT2D eigenvalue weighted by atomic mass is 9.96. The van der Waals surface area contributed by atoms with Crippen LogP contribution < -0.4 is 5.32 Å². The Morgan fingerprint density at radius 1 is 1.42 bits per heavy atom. The third-order valence-corrected chi connectivity index (χ3v) is 3.80. The van der Waals surface area contributed by atoms with Gasteiger partial charge in [0.2, 0.25) is 0 Å². The van der Waals surface area contributed by atoms with Crippen molar-refractivity contribution < 1.29 is 4.74 Å². The molecule has 1 heterocycles. The van der Waals surface area contributed by atoms with Gasteiger partial charge in [-0.15, -0.1) is 0 Å². The summed E-state index contributed by atoms with van der Waals surface area (Å²) in [6, 6.07) is 0.154. The Labute approximate surface area is 125 Å². The van der Waals surface area contributed by atoms with Gasteiger partial charge in [-0.25, -0.2) is 0 Å². The van der Waals surface area contributed by atoms with E-state index in [-0.39, 0.29) is 12.1 Å². The number of nitrogens with zero attached hydrogens (tertiary/aromatic N) is 2. The van der Waals surface area contributed by atoms with E-state index in [1.54, 1.807) is 0 Å². The zero-order chi connectivity index (χ0) is 14.4. The zero-order valence-electron chi connectivity index (χ0n) is 12.6. The minimum absolute atomic E-state index is 0.142. The Kier molecular flexibility index (Phi) is 7.04. The highest BCUT2D eigenvalue weighted by molar-refractivity contribution is 9.10. The molecule has 0 aliphatic heterocycles. The fraction of sp³-hybridized carbons (Fsp3) is 0.786. The first-order chi connectivity index (χ1) is 9.02. The topological polar surface area (TPSA) is 39.1 Å². The van der Waals surface area contributed by atoms with Crippen LogP contribution >= 0.6 is 15.9 Å². The van der Waals surface area contributed by atoms with Gasteiger partial charge >= 0.3 is 0 Å². The van der Waals surface area contributed by atoms with E-state index in [2.05, 4.69) is 47.1 Å². The highest BCUT2D eigenvalue weighted by Gasteiger charge is 2.30. The molecule has 5 heteroatoms. The number of aryl methyl sites for hydroxylation is 1. The average Bonchev–Trinajstić information content (AvgIpc) is 2.69. The molecule has 2 unspecified atom stereocenters. The minimum Gasteiger partial charge on any atom is -0.376 e. The first-order valence-electron chi connectivity index (χ1n) is 7.05. The number of hydrogen-bond acceptors (Lipinski definition) is 3. The molecule has 1 rings (SSSR count). The van der Waals surface area contributed by atoms with E-state index >= 15 is 0 Å². The lowest BCUT2D eigenvalue weighted by Gasteiger charge is -2.31. The molecule has 0 aliphatic carbocycles. The largest absolute Gasteiger partial charge is 0.376 e. The molecule has 0 aliphatic rings. The van der Waals surface area contributed by atoms with Crippen molar-refractivity contribution in [3.8, 4) is 0 Å². The van der Waals surface area contributed by atoms with Gasteiger partial charge in [0.25, 0.3) is 0 Å². The van der Waals surface area contributed by atoms with Crippen LogP contribution in [0.15, 0.2) is 10.7 Å². The van der Waals surface area contributed by atoms with Crippen LogP contribution in [0.5, 0.6) is 0 Å². The summed E-state index contributed by atoms with van der Waals surface area (Å²) in [6.45, 7) is 10.3. The molecule has 19 heavy (non-hydrogen) atoms. The van der Waals surface area contributed by atoms with Gasteiger partial charge in [0.1, 0.15) is 0 Å². The molecule has 0 fully saturated rings. The van der Waals surface area contributed by atoms with E-state index in [9.17, 15) is 0 Å². The molecule has 0 saturated carbocycles. The molecule has 4 nitrogen and oxygen atoms in total. The van der Waals surface area contributed by atoms with Crippen LogP contribution in [0, 0.1) is 5.92 Å². The van der Waals surface area contributed by atoms with E-state index < -0.39 is 0 Å². The molecular weight excluding hydrogens is 306 g/mol. The maximum Gasteiger partial charge on any atom is 0.0808 e. The molecule has 2 atom stereocenters. The molecule has 1 aromatic rings. The molecule has 0 saturated heterocycles. The molecule has 0 aromatic carbocycles. The number of rotatable bonds is 8. The van der Waals surface area contributed by atoms with Crippen LogP contribution in [0.3, 0.4) is 0 Å². The van der Waals surface area contributed by atoms with Gasteiger partial charge < -0.3 is 10.1 Å². The van der Waals surface area contributed by atoms with E-state index in [0.717, 1.165) is 29.7 Å². The molecule has 110 valence electrons. The Morgan fingerprint density at radius 2 is 2.11 bits per heavy atom. The van der Waals surface area contributed by atoms with Gasteiger partial charge in [-0.3, -0.25) is 4.68 Å². The van der Waals surface area contributed by atoms with E-state index in [1.165, 1.54) is 0 Å². The van der Waals surface area contributed by atoms with E-state index in [0.29, 0.717) is 5.92 Å². The minimum atomic E-state index is 0.142. The summed E-state index contributed by atoms with van der Waals surface area (Å²) in [5, 5.41) is 7.93. The predicted octanol–water partition coefficient (Wildman–Crippen LogP) is 3.28. The van der Waals surface area contributed by atoms with Crippen molar-refractivity contribution in [1.29, 1.82) is 0 Å². The summed E-state index contributed by atoms with van der Waals surface area (Å²) in [4.78, 5) is 0. The third kappa shape index (κ3) is 4.29. The summed E-state index contributed by atoms with van der Waals surface area (Å²) in [7, 11) is 1.98. The highest BCUT2D eigenvalue weighted by Crippen LogP contribution is 2.29. The van der Waals surface area contributed by atoms with Crippen molar-refractivity contribution in [2.45, 2.75) is 46.3 Å². The van der Waals surface area contributed by atoms with Crippen LogP contribution in [-0.2, 0) is 11.8 Å². The van der Waals surface area contributed by atoms with Crippen LogP contribution in [0.2, 0.25) is 0 Å². The molecule has 1 aromatic heterocycles. The Morgan fingerprint density at radius 3 is 2.53 bits per heavy atom. The van der Waals surface area contributed by atoms with Crippen molar-refractivity contribution in [3.05, 3.63) is 16.4 Å². The predicted molar refractivity (Wildman–Crippen MR) is 82.2 cm³/mol. The maximum atomic E-state index is 5.97. The molecule has 0 spiro atoms. The lowest BCUT2D eigenvalue weighted by Crippen LogP contribution is -2.39. The Balaban J connectivity index is 3.05. The number of hydrogen-bond donors (Lipinski definition) is 1. The monoisotopic (exact) mass is 331 g/mol. The summed E-state index contributed by atoms with van der Waals surface area (Å²) >= 11 is 3.60. The van der Waals surface area contributed by atoms with Gasteiger partial charge in [0.05, 0.1) is 28.5 Å². The summed E-state index contributed by atoms with van der Waals surface area (Å²) < 4.78 is 8.93. The SMILES string of the molecule is CCCNC(c1c(Br)cnn1C)C(OCC)C(C)C. The van der Waals surface area contributed by atoms with Crippen molar-refractivity contribution in [1.82, 2.24) is 15.1 Å². The quantitative estimate of drug-likeness (QED) is 0.794. The van der Waals surface area contributed by atoms with Crippen LogP contribution in [0.25, 0.3) is 0 Å². The standard InChI is InChI=1S/C14H26BrN3O/c1-6-8-16-12(14(10(3)4)19-7-2)13-11(15)9-17-18(13)5/h9-10,12,14,16H,6-8H2,1-5H3. The number of aromatic nitrogens is 2. The normalized spacial score (nSPS) is 14.9. The molecule has 0 radical (unpaired) electrons. The average molecular weight is 332 g/mol. The summed E-state index contributed by atoms with van der Waals surface area (Å²) in [5.41, 5.74) is 1.15. The van der Waals surface area contributed by atoms with Crippen molar-refractivity contribution in [2.24, 2.45) is 13.0 Å². The van der Waals surface area contributed by atoms with E-state index in [4.69, 9.17) is 4.74 Å². The summed E-state index contributed by atoms with van der Waals surface area (Å²) in [6.07, 6.45) is 3.09. The van der Waals surface area contributed by atoms with Crippen molar-refractivity contribution in [2.75, 3.05) is 13.2 Å². The molecule has 0 bridgehead atoms. The fourth-order valence-corrected chi connectivity index (χ4v) is 2.90. The van der Waals surface area contributed by atoms with E-state index in [1.807, 2.05) is 24.9 Å². The van der Waals surface area contributed by atoms with Crippen molar-refractivity contribution in [3.63, 3.8) is 0 Å². The maximum absolute atomic E-state index is 5.97. The Hall–Kier alpha value is -0.390. The second-order valence-electron chi connectivity index (χ2n) is 5.10. The first-order valence-corrected chi connectivity index (χ1v) is 7.84. The highest BCUT2D eigenvalue weighted by atomic mass is 79.9. The summed E-state index contributed by atoms with van der Waals surface area (Å²) in [5.74, 6) is 0.441. The van der Waals surface area contributed by atoms with Crippen LogP contribution in [-0.4, -0.2) is 29.0 Å². The third-order valence-electron chi connectivity index (χ3n) is 3.19. The van der Waals surface area contributed by atoms with Crippen LogP contribution in [0.4, 0.5) is 0 Å². The zero-order valence-corrected chi connectivity index (χ0v) is 14.2. The smallest absolute Gasteiger partial charge is 0.0808 e.